The van der Waals surface area contributed by atoms with Gasteiger partial charge in [0.25, 0.3) is 0 Å². The molecule has 22 heavy (non-hydrogen) atoms. The molecule has 3 heterocycles. The summed E-state index contributed by atoms with van der Waals surface area (Å²) < 4.78 is 13.5. The molecular formula is C17H22O4Se. The minimum atomic E-state index is -1.23. The van der Waals surface area contributed by atoms with Crippen LogP contribution < -0.4 is 4.46 Å². The average molecular weight is 369 g/mol. The van der Waals surface area contributed by atoms with E-state index in [2.05, 4.69) is 24.3 Å². The molecule has 120 valence electrons. The zero-order chi connectivity index (χ0) is 15.4. The van der Waals surface area contributed by atoms with E-state index in [4.69, 9.17) is 9.47 Å². The average Bonchev–Trinajstić information content (AvgIpc) is 2.83. The van der Waals surface area contributed by atoms with Crippen LogP contribution in [0.3, 0.4) is 0 Å². The van der Waals surface area contributed by atoms with Crippen LogP contribution in [0.1, 0.15) is 32.6 Å². The summed E-state index contributed by atoms with van der Waals surface area (Å²) in [4.78, 5) is 0.431. The number of hydrogen-bond donors (Lipinski definition) is 2. The number of ether oxygens (including phenoxy) is 2. The number of aliphatic hydroxyl groups is 2. The molecule has 4 unspecified atom stereocenters. The van der Waals surface area contributed by atoms with E-state index in [1.165, 1.54) is 4.46 Å². The van der Waals surface area contributed by atoms with Gasteiger partial charge in [-0.2, -0.15) is 0 Å². The molecule has 6 atom stereocenters. The number of benzene rings is 1. The van der Waals surface area contributed by atoms with Crippen molar-refractivity contribution in [1.82, 2.24) is 0 Å². The zero-order valence-electron chi connectivity index (χ0n) is 12.6. The fraction of sp³-hybridized carbons (Fsp3) is 0.647. The predicted octanol–water partition coefficient (Wildman–Crippen LogP) is 0.984. The van der Waals surface area contributed by atoms with Gasteiger partial charge in [0.1, 0.15) is 0 Å². The van der Waals surface area contributed by atoms with Gasteiger partial charge in [-0.1, -0.05) is 0 Å². The van der Waals surface area contributed by atoms with Crippen molar-refractivity contribution in [2.45, 2.75) is 67.1 Å². The van der Waals surface area contributed by atoms with Crippen molar-refractivity contribution in [3.63, 3.8) is 0 Å². The maximum atomic E-state index is 10.9. The van der Waals surface area contributed by atoms with Gasteiger partial charge in [-0.15, -0.1) is 0 Å². The van der Waals surface area contributed by atoms with Crippen LogP contribution in [0.15, 0.2) is 30.3 Å². The first-order valence-corrected chi connectivity index (χ1v) is 9.81. The molecular weight excluding hydrogens is 347 g/mol. The second-order valence-corrected chi connectivity index (χ2v) is 9.64. The summed E-state index contributed by atoms with van der Waals surface area (Å²) in [7, 11) is 0. The third-order valence-corrected chi connectivity index (χ3v) is 8.05. The van der Waals surface area contributed by atoms with Crippen LogP contribution in [0.4, 0.5) is 0 Å². The molecule has 3 aliphatic heterocycles. The van der Waals surface area contributed by atoms with Crippen molar-refractivity contribution < 1.29 is 19.7 Å². The number of aliphatic hydroxyl groups excluding tert-OH is 1. The fourth-order valence-electron chi connectivity index (χ4n) is 3.96. The van der Waals surface area contributed by atoms with Gasteiger partial charge >= 0.3 is 137 Å². The van der Waals surface area contributed by atoms with E-state index < -0.39 is 17.5 Å². The Kier molecular flexibility index (Phi) is 3.64. The Morgan fingerprint density at radius 2 is 2.05 bits per heavy atom. The molecule has 3 fully saturated rings. The van der Waals surface area contributed by atoms with E-state index >= 15 is 0 Å². The second kappa shape index (κ2) is 5.30. The molecule has 4 rings (SSSR count). The van der Waals surface area contributed by atoms with Crippen LogP contribution in [-0.4, -0.2) is 54.9 Å². The Balaban J connectivity index is 1.60. The van der Waals surface area contributed by atoms with Gasteiger partial charge < -0.3 is 0 Å². The van der Waals surface area contributed by atoms with E-state index in [-0.39, 0.29) is 12.2 Å². The molecule has 2 N–H and O–H groups in total. The molecule has 4 nitrogen and oxygen atoms in total. The molecule has 0 saturated carbocycles. The van der Waals surface area contributed by atoms with Crippen LogP contribution in [0.5, 0.6) is 0 Å². The molecule has 1 aromatic rings. The monoisotopic (exact) mass is 370 g/mol. The van der Waals surface area contributed by atoms with Crippen molar-refractivity contribution in [2.75, 3.05) is 0 Å². The fourth-order valence-corrected chi connectivity index (χ4v) is 6.58. The first kappa shape index (κ1) is 15.1. The normalized spacial score (nSPS) is 47.2. The van der Waals surface area contributed by atoms with Gasteiger partial charge in [-0.05, 0) is 0 Å². The van der Waals surface area contributed by atoms with Crippen LogP contribution in [-0.2, 0) is 9.47 Å². The number of rotatable bonds is 2. The van der Waals surface area contributed by atoms with Gasteiger partial charge in [-0.25, -0.2) is 0 Å². The van der Waals surface area contributed by atoms with E-state index in [9.17, 15) is 10.2 Å². The van der Waals surface area contributed by atoms with E-state index in [1.807, 2.05) is 13.0 Å². The summed E-state index contributed by atoms with van der Waals surface area (Å²) >= 11 is 0.310. The van der Waals surface area contributed by atoms with Gasteiger partial charge in [-0.3, -0.25) is 0 Å². The quantitative estimate of drug-likeness (QED) is 0.764. The van der Waals surface area contributed by atoms with Gasteiger partial charge in [0.2, 0.25) is 0 Å². The van der Waals surface area contributed by atoms with E-state index in [0.29, 0.717) is 39.0 Å². The van der Waals surface area contributed by atoms with Crippen molar-refractivity contribution in [3.05, 3.63) is 30.3 Å². The molecule has 0 aliphatic carbocycles. The first-order valence-electron chi connectivity index (χ1n) is 7.96. The summed E-state index contributed by atoms with van der Waals surface area (Å²) in [5, 5.41) is 21.2. The molecule has 1 aromatic carbocycles. The van der Waals surface area contributed by atoms with Gasteiger partial charge in [0.15, 0.2) is 0 Å². The molecule has 3 aliphatic rings. The second-order valence-electron chi connectivity index (χ2n) is 6.89. The summed E-state index contributed by atoms with van der Waals surface area (Å²) in [5.74, 6) is -1.23. The molecule has 0 amide bonds. The SMILES string of the molecule is CC12CC3OC(C[C@@H]3[Se]c3ccccc3)C(O)(CC[C@@H]1O)O2. The summed E-state index contributed by atoms with van der Waals surface area (Å²) in [6, 6.07) is 10.5. The Morgan fingerprint density at radius 3 is 2.82 bits per heavy atom. The number of fused-ring (bicyclic) bond motifs is 5. The first-order chi connectivity index (χ1) is 10.5. The predicted molar refractivity (Wildman–Crippen MR) is 83.2 cm³/mol. The molecule has 4 bridgehead atoms. The third-order valence-electron chi connectivity index (χ3n) is 5.23. The maximum absolute atomic E-state index is 10.9. The summed E-state index contributed by atoms with van der Waals surface area (Å²) in [6.07, 6.45) is 1.81. The molecule has 0 aromatic heterocycles. The van der Waals surface area contributed by atoms with Crippen molar-refractivity contribution in [1.29, 1.82) is 0 Å². The summed E-state index contributed by atoms with van der Waals surface area (Å²) in [6.45, 7) is 1.92. The Bertz CT molecular complexity index is 551. The Morgan fingerprint density at radius 1 is 1.27 bits per heavy atom. The van der Waals surface area contributed by atoms with Crippen LogP contribution >= 0.6 is 0 Å². The van der Waals surface area contributed by atoms with Crippen LogP contribution in [0, 0.1) is 0 Å². The van der Waals surface area contributed by atoms with E-state index in [1.54, 1.807) is 0 Å². The minimum absolute atomic E-state index is 0.0666. The van der Waals surface area contributed by atoms with Crippen LogP contribution in [0.25, 0.3) is 0 Å². The standard InChI is InChI=1S/C17H22O4Se/c1-16-10-12-13(22-11-5-3-2-4-6-11)9-15(20-12)17(19,21-16)8-7-14(16)18/h2-6,12-15,18-19H,7-10H2,1H3/t12?,13-,14-,15?,16?,17?/m0/s1. The molecule has 0 radical (unpaired) electrons. The number of hydrogen-bond acceptors (Lipinski definition) is 4. The molecule has 0 spiro atoms. The summed E-state index contributed by atoms with van der Waals surface area (Å²) in [5.41, 5.74) is -0.697. The molecule has 5 heteroatoms. The Labute approximate surface area is 137 Å². The molecule has 3 saturated heterocycles. The van der Waals surface area contributed by atoms with Crippen LogP contribution in [0.2, 0.25) is 4.82 Å². The van der Waals surface area contributed by atoms with Gasteiger partial charge in [0, 0.05) is 0 Å². The zero-order valence-corrected chi connectivity index (χ0v) is 14.4. The third kappa shape index (κ3) is 2.44. The van der Waals surface area contributed by atoms with Crippen molar-refractivity contribution in [3.8, 4) is 0 Å². The van der Waals surface area contributed by atoms with E-state index in [0.717, 1.165) is 6.42 Å². The van der Waals surface area contributed by atoms with Gasteiger partial charge in [0.05, 0.1) is 0 Å². The van der Waals surface area contributed by atoms with Crippen molar-refractivity contribution >= 4 is 19.4 Å². The Hall–Kier alpha value is -0.421. The van der Waals surface area contributed by atoms with Crippen molar-refractivity contribution in [2.24, 2.45) is 0 Å². The topological polar surface area (TPSA) is 58.9 Å².